The van der Waals surface area contributed by atoms with Crippen LogP contribution < -0.4 is 10.2 Å². The van der Waals surface area contributed by atoms with E-state index < -0.39 is 0 Å². The average Bonchev–Trinajstić information content (AvgIpc) is 2.48. The molecule has 0 amide bonds. The molecule has 1 heterocycles. The predicted molar refractivity (Wildman–Crippen MR) is 86.3 cm³/mol. The Morgan fingerprint density at radius 1 is 1.15 bits per heavy atom. The highest BCUT2D eigenvalue weighted by Crippen LogP contribution is 2.27. The Balaban J connectivity index is 1.52. The summed E-state index contributed by atoms with van der Waals surface area (Å²) in [7, 11) is 2.21. The molecule has 1 N–H and O–H groups in total. The summed E-state index contributed by atoms with van der Waals surface area (Å²) in [6.07, 6.45) is 9.74. The molecule has 3 rings (SSSR count). The zero-order chi connectivity index (χ0) is 13.8. The van der Waals surface area contributed by atoms with Gasteiger partial charge in [0.25, 0.3) is 0 Å². The number of hydrogen-bond acceptors (Lipinski definition) is 2. The summed E-state index contributed by atoms with van der Waals surface area (Å²) < 4.78 is 0. The molecule has 2 nitrogen and oxygen atoms in total. The Kier molecular flexibility index (Phi) is 4.62. The van der Waals surface area contributed by atoms with E-state index in [2.05, 4.69) is 35.5 Å². The van der Waals surface area contributed by atoms with E-state index in [1.165, 1.54) is 74.8 Å². The van der Waals surface area contributed by atoms with E-state index in [-0.39, 0.29) is 0 Å². The van der Waals surface area contributed by atoms with Gasteiger partial charge in [-0.1, -0.05) is 31.4 Å². The molecule has 1 saturated carbocycles. The molecule has 20 heavy (non-hydrogen) atoms. The maximum Gasteiger partial charge on any atom is 0.0396 e. The van der Waals surface area contributed by atoms with Crippen molar-refractivity contribution >= 4 is 5.69 Å². The highest BCUT2D eigenvalue weighted by molar-refractivity contribution is 5.56. The quantitative estimate of drug-likeness (QED) is 0.898. The van der Waals surface area contributed by atoms with Gasteiger partial charge in [-0.15, -0.1) is 0 Å². The van der Waals surface area contributed by atoms with Gasteiger partial charge < -0.3 is 10.2 Å². The Bertz CT molecular complexity index is 435. The number of benzene rings is 1. The standard InChI is InChI=1S/C18H28N2/c1-20-11-5-8-17-12-16(9-10-18(17)20)14-19-13-15-6-3-2-4-7-15/h9-10,12,15,19H,2-8,11,13-14H2,1H3. The SMILES string of the molecule is CN1CCCc2cc(CNCC3CCCCC3)ccc21. The molecular formula is C18H28N2. The molecule has 1 fully saturated rings. The molecule has 1 aromatic carbocycles. The fourth-order valence-corrected chi connectivity index (χ4v) is 3.76. The summed E-state index contributed by atoms with van der Waals surface area (Å²) in [6, 6.07) is 7.03. The van der Waals surface area contributed by atoms with Gasteiger partial charge >= 0.3 is 0 Å². The van der Waals surface area contributed by atoms with Crippen molar-refractivity contribution in [1.82, 2.24) is 5.32 Å². The van der Waals surface area contributed by atoms with Crippen LogP contribution in [0.3, 0.4) is 0 Å². The Morgan fingerprint density at radius 2 is 2.00 bits per heavy atom. The first-order chi connectivity index (χ1) is 9.83. The minimum atomic E-state index is 0.924. The van der Waals surface area contributed by atoms with Crippen LogP contribution in [0.15, 0.2) is 18.2 Å². The molecule has 0 bridgehead atoms. The second kappa shape index (κ2) is 6.62. The lowest BCUT2D eigenvalue weighted by molar-refractivity contribution is 0.342. The fourth-order valence-electron chi connectivity index (χ4n) is 3.76. The maximum atomic E-state index is 3.68. The van der Waals surface area contributed by atoms with Crippen molar-refractivity contribution in [1.29, 1.82) is 0 Å². The van der Waals surface area contributed by atoms with E-state index in [0.29, 0.717) is 0 Å². The zero-order valence-electron chi connectivity index (χ0n) is 12.8. The summed E-state index contributed by atoms with van der Waals surface area (Å²) in [5.41, 5.74) is 4.43. The predicted octanol–water partition coefficient (Wildman–Crippen LogP) is 3.74. The molecule has 0 radical (unpaired) electrons. The molecule has 1 aliphatic carbocycles. The van der Waals surface area contributed by atoms with Gasteiger partial charge in [0.1, 0.15) is 0 Å². The van der Waals surface area contributed by atoms with E-state index in [9.17, 15) is 0 Å². The third-order valence-corrected chi connectivity index (χ3v) is 4.98. The molecule has 110 valence electrons. The number of rotatable bonds is 4. The second-order valence-electron chi connectivity index (χ2n) is 6.62. The topological polar surface area (TPSA) is 15.3 Å². The second-order valence-corrected chi connectivity index (χ2v) is 6.62. The molecule has 1 aromatic rings. The Morgan fingerprint density at radius 3 is 2.85 bits per heavy atom. The van der Waals surface area contributed by atoms with Gasteiger partial charge in [0.2, 0.25) is 0 Å². The van der Waals surface area contributed by atoms with Crippen LogP contribution in [0.5, 0.6) is 0 Å². The number of aryl methyl sites for hydroxylation is 1. The molecule has 2 aliphatic rings. The van der Waals surface area contributed by atoms with Crippen molar-refractivity contribution in [3.63, 3.8) is 0 Å². The summed E-state index contributed by atoms with van der Waals surface area (Å²) in [5.74, 6) is 0.924. The lowest BCUT2D eigenvalue weighted by atomic mass is 9.89. The van der Waals surface area contributed by atoms with Crippen molar-refractivity contribution in [3.8, 4) is 0 Å². The number of hydrogen-bond donors (Lipinski definition) is 1. The van der Waals surface area contributed by atoms with Gasteiger partial charge in [0, 0.05) is 25.8 Å². The van der Waals surface area contributed by atoms with Crippen molar-refractivity contribution in [2.24, 2.45) is 5.92 Å². The lowest BCUT2D eigenvalue weighted by Crippen LogP contribution is -2.26. The summed E-state index contributed by atoms with van der Waals surface area (Å²) in [4.78, 5) is 2.39. The van der Waals surface area contributed by atoms with Crippen LogP contribution in [0.2, 0.25) is 0 Å². The first kappa shape index (κ1) is 13.9. The molecular weight excluding hydrogens is 244 g/mol. The zero-order valence-corrected chi connectivity index (χ0v) is 12.8. The molecule has 0 saturated heterocycles. The normalized spacial score (nSPS) is 19.9. The first-order valence-corrected chi connectivity index (χ1v) is 8.36. The number of fused-ring (bicyclic) bond motifs is 1. The van der Waals surface area contributed by atoms with E-state index in [1.807, 2.05) is 0 Å². The van der Waals surface area contributed by atoms with Crippen molar-refractivity contribution < 1.29 is 0 Å². The Labute approximate surface area is 123 Å². The monoisotopic (exact) mass is 272 g/mol. The molecule has 0 spiro atoms. The summed E-state index contributed by atoms with van der Waals surface area (Å²) in [5, 5.41) is 3.68. The molecule has 2 heteroatoms. The number of nitrogens with zero attached hydrogens (tertiary/aromatic N) is 1. The minimum Gasteiger partial charge on any atom is -0.374 e. The van der Waals surface area contributed by atoms with E-state index in [0.717, 1.165) is 12.5 Å². The number of anilines is 1. The smallest absolute Gasteiger partial charge is 0.0396 e. The van der Waals surface area contributed by atoms with E-state index >= 15 is 0 Å². The summed E-state index contributed by atoms with van der Waals surface area (Å²) in [6.45, 7) is 3.44. The molecule has 0 unspecified atom stereocenters. The third kappa shape index (κ3) is 3.35. The van der Waals surface area contributed by atoms with E-state index in [1.54, 1.807) is 0 Å². The van der Waals surface area contributed by atoms with Gasteiger partial charge in [0.05, 0.1) is 0 Å². The molecule has 1 aliphatic heterocycles. The van der Waals surface area contributed by atoms with Crippen LogP contribution in [0.1, 0.15) is 49.7 Å². The van der Waals surface area contributed by atoms with Gasteiger partial charge in [-0.2, -0.15) is 0 Å². The summed E-state index contributed by atoms with van der Waals surface area (Å²) >= 11 is 0. The van der Waals surface area contributed by atoms with Gasteiger partial charge in [-0.25, -0.2) is 0 Å². The van der Waals surface area contributed by atoms with Crippen LogP contribution in [0.4, 0.5) is 5.69 Å². The van der Waals surface area contributed by atoms with Gasteiger partial charge in [-0.05, 0) is 55.3 Å². The van der Waals surface area contributed by atoms with Crippen LogP contribution in [0.25, 0.3) is 0 Å². The average molecular weight is 272 g/mol. The molecule has 0 aromatic heterocycles. The maximum absolute atomic E-state index is 3.68. The van der Waals surface area contributed by atoms with Crippen molar-refractivity contribution in [2.75, 3.05) is 25.0 Å². The van der Waals surface area contributed by atoms with Crippen LogP contribution >= 0.6 is 0 Å². The highest BCUT2D eigenvalue weighted by Gasteiger charge is 2.14. The van der Waals surface area contributed by atoms with Crippen molar-refractivity contribution in [2.45, 2.75) is 51.5 Å². The lowest BCUT2D eigenvalue weighted by Gasteiger charge is -2.28. The van der Waals surface area contributed by atoms with Crippen molar-refractivity contribution in [3.05, 3.63) is 29.3 Å². The highest BCUT2D eigenvalue weighted by atomic mass is 15.1. The largest absolute Gasteiger partial charge is 0.374 e. The van der Waals surface area contributed by atoms with Gasteiger partial charge in [-0.3, -0.25) is 0 Å². The van der Waals surface area contributed by atoms with E-state index in [4.69, 9.17) is 0 Å². The van der Waals surface area contributed by atoms with Crippen LogP contribution in [-0.4, -0.2) is 20.1 Å². The Hall–Kier alpha value is -1.02. The first-order valence-electron chi connectivity index (χ1n) is 8.36. The van der Waals surface area contributed by atoms with Crippen LogP contribution in [-0.2, 0) is 13.0 Å². The third-order valence-electron chi connectivity index (χ3n) is 4.98. The van der Waals surface area contributed by atoms with Crippen LogP contribution in [0, 0.1) is 5.92 Å². The van der Waals surface area contributed by atoms with Gasteiger partial charge in [0.15, 0.2) is 0 Å². The fraction of sp³-hybridized carbons (Fsp3) is 0.667. The molecule has 0 atom stereocenters. The number of nitrogens with one attached hydrogen (secondary N) is 1. The minimum absolute atomic E-state index is 0.924.